The molecule has 6 heteroatoms. The fourth-order valence-corrected chi connectivity index (χ4v) is 3.20. The summed E-state index contributed by atoms with van der Waals surface area (Å²) >= 11 is 0. The molecular formula is C17H26N4O2. The van der Waals surface area contributed by atoms with Gasteiger partial charge in [0.1, 0.15) is 17.2 Å². The molecule has 0 bridgehead atoms. The molecule has 0 amide bonds. The van der Waals surface area contributed by atoms with Crippen molar-refractivity contribution in [2.24, 2.45) is 5.92 Å². The van der Waals surface area contributed by atoms with E-state index in [1.54, 1.807) is 0 Å². The van der Waals surface area contributed by atoms with Crippen LogP contribution in [0.3, 0.4) is 0 Å². The topological polar surface area (TPSA) is 67.3 Å². The van der Waals surface area contributed by atoms with Gasteiger partial charge in [-0.05, 0) is 50.4 Å². The van der Waals surface area contributed by atoms with Crippen LogP contribution in [0.4, 0.5) is 0 Å². The first-order valence-corrected chi connectivity index (χ1v) is 8.56. The molecule has 1 aliphatic heterocycles. The van der Waals surface area contributed by atoms with Crippen molar-refractivity contribution < 1.29 is 9.52 Å². The van der Waals surface area contributed by atoms with Crippen molar-refractivity contribution in [3.63, 3.8) is 0 Å². The first kappa shape index (κ1) is 16.2. The first-order chi connectivity index (χ1) is 11.3. The van der Waals surface area contributed by atoms with Crippen molar-refractivity contribution in [2.45, 2.75) is 52.3 Å². The summed E-state index contributed by atoms with van der Waals surface area (Å²) in [7, 11) is 0. The van der Waals surface area contributed by atoms with Crippen molar-refractivity contribution in [2.75, 3.05) is 13.1 Å². The molecule has 2 aromatic rings. The van der Waals surface area contributed by atoms with E-state index in [2.05, 4.69) is 34.3 Å². The van der Waals surface area contributed by atoms with Crippen LogP contribution in [0.2, 0.25) is 0 Å². The van der Waals surface area contributed by atoms with Crippen molar-refractivity contribution >= 4 is 0 Å². The zero-order valence-corrected chi connectivity index (χ0v) is 13.8. The monoisotopic (exact) mass is 318 g/mol. The Hall–Kier alpha value is -1.66. The molecule has 1 N–H and O–H groups in total. The minimum atomic E-state index is -0.0401. The highest BCUT2D eigenvalue weighted by Crippen LogP contribution is 2.21. The van der Waals surface area contributed by atoms with Gasteiger partial charge in [-0.3, -0.25) is 9.58 Å². The van der Waals surface area contributed by atoms with Crippen molar-refractivity contribution in [1.82, 2.24) is 19.9 Å². The van der Waals surface area contributed by atoms with Gasteiger partial charge in [0.2, 0.25) is 0 Å². The Balaban J connectivity index is 1.44. The number of aliphatic hydroxyl groups excluding tert-OH is 1. The van der Waals surface area contributed by atoms with Crippen LogP contribution in [0, 0.1) is 5.92 Å². The standard InChI is InChI=1S/C17H26N4O2/c1-2-3-16-4-5-17(23-16)12-20-8-6-14(7-9-20)10-21-11-15(13-22)18-19-21/h4-5,11,14,22H,2-3,6-10,12-13H2,1H3. The molecule has 0 spiro atoms. The largest absolute Gasteiger partial charge is 0.465 e. The lowest BCUT2D eigenvalue weighted by atomic mass is 9.97. The number of likely N-dealkylation sites (tertiary alicyclic amines) is 1. The van der Waals surface area contributed by atoms with Gasteiger partial charge in [0.15, 0.2) is 0 Å². The van der Waals surface area contributed by atoms with Crippen LogP contribution in [-0.2, 0) is 26.1 Å². The fourth-order valence-electron chi connectivity index (χ4n) is 3.20. The zero-order chi connectivity index (χ0) is 16.1. The van der Waals surface area contributed by atoms with Crippen molar-refractivity contribution in [1.29, 1.82) is 0 Å². The van der Waals surface area contributed by atoms with E-state index in [4.69, 9.17) is 9.52 Å². The quantitative estimate of drug-likeness (QED) is 0.848. The zero-order valence-electron chi connectivity index (χ0n) is 13.8. The van der Waals surface area contributed by atoms with Gasteiger partial charge in [0.05, 0.1) is 19.3 Å². The van der Waals surface area contributed by atoms with E-state index in [1.807, 2.05) is 10.9 Å². The molecule has 1 fully saturated rings. The van der Waals surface area contributed by atoms with Crippen molar-refractivity contribution in [3.8, 4) is 0 Å². The van der Waals surface area contributed by atoms with Crippen LogP contribution < -0.4 is 0 Å². The second kappa shape index (κ2) is 7.75. The molecule has 0 radical (unpaired) electrons. The summed E-state index contributed by atoms with van der Waals surface area (Å²) in [6.45, 7) is 6.12. The number of rotatable bonds is 7. The number of nitrogens with zero attached hydrogens (tertiary/aromatic N) is 4. The maximum Gasteiger partial charge on any atom is 0.118 e. The Morgan fingerprint density at radius 3 is 2.74 bits per heavy atom. The predicted molar refractivity (Wildman–Crippen MR) is 86.6 cm³/mol. The maximum absolute atomic E-state index is 9.04. The number of furan rings is 1. The van der Waals surface area contributed by atoms with Crippen LogP contribution >= 0.6 is 0 Å². The molecule has 0 saturated carbocycles. The molecule has 0 atom stereocenters. The predicted octanol–water partition coefficient (Wildman–Crippen LogP) is 2.23. The van der Waals surface area contributed by atoms with Gasteiger partial charge in [-0.15, -0.1) is 5.10 Å². The molecule has 1 saturated heterocycles. The van der Waals surface area contributed by atoms with Gasteiger partial charge < -0.3 is 9.52 Å². The van der Waals surface area contributed by atoms with Crippen molar-refractivity contribution in [3.05, 3.63) is 35.5 Å². The second-order valence-corrected chi connectivity index (χ2v) is 6.43. The number of aryl methyl sites for hydroxylation is 1. The Bertz CT molecular complexity index is 599. The summed E-state index contributed by atoms with van der Waals surface area (Å²) in [5.41, 5.74) is 0.642. The number of aromatic nitrogens is 3. The van der Waals surface area contributed by atoms with Gasteiger partial charge in [0.25, 0.3) is 0 Å². The molecule has 23 heavy (non-hydrogen) atoms. The molecule has 1 aliphatic rings. The lowest BCUT2D eigenvalue weighted by Crippen LogP contribution is -2.34. The molecular weight excluding hydrogens is 292 g/mol. The fraction of sp³-hybridized carbons (Fsp3) is 0.647. The van der Waals surface area contributed by atoms with Crippen LogP contribution in [-0.4, -0.2) is 38.1 Å². The van der Waals surface area contributed by atoms with E-state index in [0.717, 1.165) is 63.4 Å². The highest BCUT2D eigenvalue weighted by molar-refractivity contribution is 5.07. The van der Waals surface area contributed by atoms with E-state index >= 15 is 0 Å². The normalized spacial score (nSPS) is 17.0. The number of hydrogen-bond donors (Lipinski definition) is 1. The second-order valence-electron chi connectivity index (χ2n) is 6.43. The molecule has 0 aromatic carbocycles. The third-order valence-electron chi connectivity index (χ3n) is 4.49. The summed E-state index contributed by atoms with van der Waals surface area (Å²) in [6.07, 6.45) is 6.31. The van der Waals surface area contributed by atoms with Gasteiger partial charge >= 0.3 is 0 Å². The van der Waals surface area contributed by atoms with Crippen LogP contribution in [0.15, 0.2) is 22.7 Å². The summed E-state index contributed by atoms with van der Waals surface area (Å²) in [6, 6.07) is 4.22. The molecule has 3 heterocycles. The smallest absolute Gasteiger partial charge is 0.118 e. The minimum Gasteiger partial charge on any atom is -0.465 e. The van der Waals surface area contributed by atoms with Crippen LogP contribution in [0.1, 0.15) is 43.4 Å². The third kappa shape index (κ3) is 4.42. The van der Waals surface area contributed by atoms with Gasteiger partial charge in [0, 0.05) is 13.0 Å². The summed E-state index contributed by atoms with van der Waals surface area (Å²) in [5.74, 6) is 2.81. The van der Waals surface area contributed by atoms with E-state index in [0.29, 0.717) is 11.6 Å². The Morgan fingerprint density at radius 1 is 1.26 bits per heavy atom. The van der Waals surface area contributed by atoms with Crippen LogP contribution in [0.5, 0.6) is 0 Å². The molecule has 6 nitrogen and oxygen atoms in total. The van der Waals surface area contributed by atoms with E-state index in [-0.39, 0.29) is 6.61 Å². The molecule has 3 rings (SSSR count). The molecule has 126 valence electrons. The average Bonchev–Trinajstić information content (AvgIpc) is 3.19. The van der Waals surface area contributed by atoms with E-state index in [9.17, 15) is 0 Å². The van der Waals surface area contributed by atoms with E-state index in [1.165, 1.54) is 0 Å². The highest BCUT2D eigenvalue weighted by atomic mass is 16.3. The molecule has 0 aliphatic carbocycles. The highest BCUT2D eigenvalue weighted by Gasteiger charge is 2.21. The SMILES string of the molecule is CCCc1ccc(CN2CCC(Cn3cc(CO)nn3)CC2)o1. The number of hydrogen-bond acceptors (Lipinski definition) is 5. The Kier molecular flexibility index (Phi) is 5.46. The Labute approximate surface area is 137 Å². The minimum absolute atomic E-state index is 0.0401. The maximum atomic E-state index is 9.04. The van der Waals surface area contributed by atoms with Crippen LogP contribution in [0.25, 0.3) is 0 Å². The molecule has 0 unspecified atom stereocenters. The number of piperidine rings is 1. The summed E-state index contributed by atoms with van der Waals surface area (Å²) < 4.78 is 7.73. The van der Waals surface area contributed by atoms with Gasteiger partial charge in [-0.25, -0.2) is 0 Å². The number of aliphatic hydroxyl groups is 1. The Morgan fingerprint density at radius 2 is 2.04 bits per heavy atom. The van der Waals surface area contributed by atoms with Gasteiger partial charge in [-0.2, -0.15) is 0 Å². The first-order valence-electron chi connectivity index (χ1n) is 8.56. The van der Waals surface area contributed by atoms with Gasteiger partial charge in [-0.1, -0.05) is 12.1 Å². The summed E-state index contributed by atoms with van der Waals surface area (Å²) in [5, 5.41) is 17.0. The summed E-state index contributed by atoms with van der Waals surface area (Å²) in [4.78, 5) is 2.46. The lowest BCUT2D eigenvalue weighted by molar-refractivity contribution is 0.154. The average molecular weight is 318 g/mol. The molecule has 2 aromatic heterocycles. The lowest BCUT2D eigenvalue weighted by Gasteiger charge is -2.31. The van der Waals surface area contributed by atoms with E-state index < -0.39 is 0 Å². The third-order valence-corrected chi connectivity index (χ3v) is 4.49.